The van der Waals surface area contributed by atoms with Gasteiger partial charge < -0.3 is 5.73 Å². The molecule has 3 atom stereocenters. The van der Waals surface area contributed by atoms with E-state index in [2.05, 4.69) is 15.2 Å². The van der Waals surface area contributed by atoms with Gasteiger partial charge in [-0.3, -0.25) is 14.9 Å². The monoisotopic (exact) mass is 310 g/mol. The van der Waals surface area contributed by atoms with Gasteiger partial charge in [0.1, 0.15) is 11.6 Å². The third kappa shape index (κ3) is 1.81. The van der Waals surface area contributed by atoms with Gasteiger partial charge in [0.25, 0.3) is 0 Å². The van der Waals surface area contributed by atoms with Gasteiger partial charge in [-0.1, -0.05) is 12.1 Å². The average Bonchev–Trinajstić information content (AvgIpc) is 3.01. The predicted octanol–water partition coefficient (Wildman–Crippen LogP) is 2.21. The van der Waals surface area contributed by atoms with Gasteiger partial charge in [0.05, 0.1) is 11.7 Å². The number of H-pyrrole nitrogens is 1. The van der Waals surface area contributed by atoms with Crippen LogP contribution in [0.25, 0.3) is 10.9 Å². The fourth-order valence-corrected chi connectivity index (χ4v) is 3.67. The molecule has 3 N–H and O–H groups in total. The lowest BCUT2D eigenvalue weighted by Gasteiger charge is -2.50. The van der Waals surface area contributed by atoms with Gasteiger partial charge in [0.2, 0.25) is 5.91 Å². The summed E-state index contributed by atoms with van der Waals surface area (Å²) in [6.45, 7) is 0. The molecule has 4 rings (SSSR count). The molecule has 0 saturated heterocycles. The number of pyridine rings is 1. The summed E-state index contributed by atoms with van der Waals surface area (Å²) in [6, 6.07) is 9.13. The molecule has 116 valence electrons. The molecule has 1 saturated carbocycles. The van der Waals surface area contributed by atoms with Gasteiger partial charge in [0, 0.05) is 23.7 Å². The molecule has 1 amide bonds. The SMILES string of the molecule is NC(=O)C1(c2cccnc2)C(F)CC1c1ccc2[nH]ncc2c1. The van der Waals surface area contributed by atoms with Crippen molar-refractivity contribution in [2.45, 2.75) is 23.9 Å². The van der Waals surface area contributed by atoms with E-state index in [1.54, 1.807) is 24.5 Å². The Morgan fingerprint density at radius 3 is 2.91 bits per heavy atom. The lowest BCUT2D eigenvalue weighted by atomic mass is 9.53. The molecule has 0 radical (unpaired) electrons. The summed E-state index contributed by atoms with van der Waals surface area (Å²) >= 11 is 0. The molecular formula is C17H15FN4O. The van der Waals surface area contributed by atoms with Crippen LogP contribution in [-0.4, -0.2) is 27.3 Å². The van der Waals surface area contributed by atoms with Gasteiger partial charge >= 0.3 is 0 Å². The number of aromatic amines is 1. The second kappa shape index (κ2) is 4.87. The van der Waals surface area contributed by atoms with Crippen LogP contribution < -0.4 is 5.73 Å². The van der Waals surface area contributed by atoms with Crippen LogP contribution in [0.2, 0.25) is 0 Å². The molecule has 0 aliphatic heterocycles. The third-order valence-corrected chi connectivity index (χ3v) is 4.90. The first-order valence-corrected chi connectivity index (χ1v) is 7.41. The fourth-order valence-electron chi connectivity index (χ4n) is 3.67. The lowest BCUT2D eigenvalue weighted by Crippen LogP contribution is -2.61. The Kier molecular flexibility index (Phi) is 2.94. The second-order valence-electron chi connectivity index (χ2n) is 5.95. The summed E-state index contributed by atoms with van der Waals surface area (Å²) in [6.07, 6.45) is 3.78. The number of hydrogen-bond donors (Lipinski definition) is 2. The van der Waals surface area contributed by atoms with Crippen molar-refractivity contribution in [3.8, 4) is 0 Å². The van der Waals surface area contributed by atoms with Crippen molar-refractivity contribution in [1.29, 1.82) is 0 Å². The van der Waals surface area contributed by atoms with E-state index in [0.29, 0.717) is 5.56 Å². The van der Waals surface area contributed by atoms with Crippen LogP contribution in [0.4, 0.5) is 4.39 Å². The Bertz CT molecular complexity index is 878. The first kappa shape index (κ1) is 13.9. The van der Waals surface area contributed by atoms with Crippen LogP contribution in [0.15, 0.2) is 48.9 Å². The molecule has 2 aromatic heterocycles. The maximum Gasteiger partial charge on any atom is 0.231 e. The molecule has 5 nitrogen and oxygen atoms in total. The number of aromatic nitrogens is 3. The molecular weight excluding hydrogens is 295 g/mol. The molecule has 2 heterocycles. The van der Waals surface area contributed by atoms with E-state index in [9.17, 15) is 9.18 Å². The summed E-state index contributed by atoms with van der Waals surface area (Å²) in [4.78, 5) is 16.3. The number of nitrogens with two attached hydrogens (primary N) is 1. The van der Waals surface area contributed by atoms with Crippen LogP contribution in [0.1, 0.15) is 23.5 Å². The van der Waals surface area contributed by atoms with Crippen molar-refractivity contribution in [2.75, 3.05) is 0 Å². The normalized spacial score (nSPS) is 26.8. The topological polar surface area (TPSA) is 84.7 Å². The number of hydrogen-bond acceptors (Lipinski definition) is 3. The summed E-state index contributed by atoms with van der Waals surface area (Å²) in [5, 5.41) is 7.79. The van der Waals surface area contributed by atoms with Crippen LogP contribution in [0.5, 0.6) is 0 Å². The highest BCUT2D eigenvalue weighted by Crippen LogP contribution is 2.56. The smallest absolute Gasteiger partial charge is 0.231 e. The number of nitrogens with zero attached hydrogens (tertiary/aromatic N) is 2. The maximum atomic E-state index is 14.6. The average molecular weight is 310 g/mol. The minimum atomic E-state index is -1.36. The van der Waals surface area contributed by atoms with Gasteiger partial charge in [-0.2, -0.15) is 5.10 Å². The molecule has 6 heteroatoms. The molecule has 1 aliphatic rings. The first-order chi connectivity index (χ1) is 11.1. The van der Waals surface area contributed by atoms with E-state index >= 15 is 0 Å². The number of nitrogens with one attached hydrogen (secondary N) is 1. The quantitative estimate of drug-likeness (QED) is 0.778. The number of primary amides is 1. The Balaban J connectivity index is 1.86. The molecule has 0 bridgehead atoms. The number of halogens is 1. The largest absolute Gasteiger partial charge is 0.369 e. The minimum Gasteiger partial charge on any atom is -0.369 e. The van der Waals surface area contributed by atoms with Gasteiger partial charge in [-0.25, -0.2) is 4.39 Å². The van der Waals surface area contributed by atoms with E-state index < -0.39 is 17.5 Å². The number of rotatable bonds is 3. The fraction of sp³-hybridized carbons (Fsp3) is 0.235. The van der Waals surface area contributed by atoms with Crippen molar-refractivity contribution in [2.24, 2.45) is 5.73 Å². The van der Waals surface area contributed by atoms with Crippen LogP contribution in [0.3, 0.4) is 0 Å². The van der Waals surface area contributed by atoms with Crippen LogP contribution in [-0.2, 0) is 10.2 Å². The van der Waals surface area contributed by atoms with E-state index in [1.807, 2.05) is 18.2 Å². The Hall–Kier alpha value is -2.76. The first-order valence-electron chi connectivity index (χ1n) is 7.41. The second-order valence-corrected chi connectivity index (χ2v) is 5.95. The predicted molar refractivity (Wildman–Crippen MR) is 83.5 cm³/mol. The zero-order valence-corrected chi connectivity index (χ0v) is 12.2. The zero-order chi connectivity index (χ0) is 16.0. The zero-order valence-electron chi connectivity index (χ0n) is 12.2. The van der Waals surface area contributed by atoms with Gasteiger partial charge in [0.15, 0.2) is 0 Å². The van der Waals surface area contributed by atoms with E-state index in [0.717, 1.165) is 16.5 Å². The summed E-state index contributed by atoms with van der Waals surface area (Å²) < 4.78 is 14.6. The van der Waals surface area contributed by atoms with Crippen LogP contribution >= 0.6 is 0 Å². The molecule has 1 fully saturated rings. The van der Waals surface area contributed by atoms with E-state index in [4.69, 9.17) is 5.73 Å². The van der Waals surface area contributed by atoms with Crippen molar-refractivity contribution in [3.63, 3.8) is 0 Å². The van der Waals surface area contributed by atoms with Crippen molar-refractivity contribution >= 4 is 16.8 Å². The molecule has 3 unspecified atom stereocenters. The highest BCUT2D eigenvalue weighted by atomic mass is 19.1. The van der Waals surface area contributed by atoms with E-state index in [-0.39, 0.29) is 12.3 Å². The van der Waals surface area contributed by atoms with Gasteiger partial charge in [-0.15, -0.1) is 0 Å². The summed E-state index contributed by atoms with van der Waals surface area (Å²) in [5.74, 6) is -0.958. The van der Waals surface area contributed by atoms with Crippen molar-refractivity contribution in [3.05, 3.63) is 60.0 Å². The highest BCUT2D eigenvalue weighted by molar-refractivity contribution is 5.91. The molecule has 1 aromatic carbocycles. The minimum absolute atomic E-state index is 0.265. The Labute approximate surface area is 131 Å². The number of alkyl halides is 1. The van der Waals surface area contributed by atoms with Crippen molar-refractivity contribution in [1.82, 2.24) is 15.2 Å². The number of carbonyl (C=O) groups is 1. The standard InChI is InChI=1S/C17H15FN4O/c18-15-7-13(10-3-4-14-11(6-10)8-21-22-14)17(15,16(19)23)12-2-1-5-20-9-12/h1-6,8-9,13,15H,7H2,(H2,19,23)(H,21,22). The number of benzene rings is 1. The summed E-state index contributed by atoms with van der Waals surface area (Å²) in [5.41, 5.74) is 6.61. The molecule has 23 heavy (non-hydrogen) atoms. The lowest BCUT2D eigenvalue weighted by molar-refractivity contribution is -0.133. The number of fused-ring (bicyclic) bond motifs is 1. The number of carbonyl (C=O) groups excluding carboxylic acids is 1. The van der Waals surface area contributed by atoms with Crippen LogP contribution in [0, 0.1) is 0 Å². The van der Waals surface area contributed by atoms with Crippen molar-refractivity contribution < 1.29 is 9.18 Å². The maximum absolute atomic E-state index is 14.6. The van der Waals surface area contributed by atoms with Gasteiger partial charge in [-0.05, 0) is 35.7 Å². The highest BCUT2D eigenvalue weighted by Gasteiger charge is 2.61. The Morgan fingerprint density at radius 2 is 2.22 bits per heavy atom. The molecule has 1 aliphatic carbocycles. The third-order valence-electron chi connectivity index (χ3n) is 4.90. The molecule has 0 spiro atoms. The summed E-state index contributed by atoms with van der Waals surface area (Å²) in [7, 11) is 0. The van der Waals surface area contributed by atoms with E-state index in [1.165, 1.54) is 6.20 Å². The Morgan fingerprint density at radius 1 is 1.35 bits per heavy atom. The number of amides is 1. The molecule has 3 aromatic rings.